The lowest BCUT2D eigenvalue weighted by Gasteiger charge is -2.15. The van der Waals surface area contributed by atoms with Crippen LogP contribution < -0.4 is 5.32 Å². The van der Waals surface area contributed by atoms with Gasteiger partial charge in [0.05, 0.1) is 27.2 Å². The summed E-state index contributed by atoms with van der Waals surface area (Å²) in [4.78, 5) is 18.0. The predicted molar refractivity (Wildman–Crippen MR) is 127 cm³/mol. The number of aromatic nitrogens is 2. The number of sulfonamides is 1. The van der Waals surface area contributed by atoms with Gasteiger partial charge in [-0.1, -0.05) is 41.1 Å². The van der Waals surface area contributed by atoms with Crippen LogP contribution in [0.2, 0.25) is 0 Å². The summed E-state index contributed by atoms with van der Waals surface area (Å²) in [5.74, 6) is -0.412. The lowest BCUT2D eigenvalue weighted by atomic mass is 10.0. The van der Waals surface area contributed by atoms with Crippen molar-refractivity contribution in [1.82, 2.24) is 14.4 Å². The zero-order valence-electron chi connectivity index (χ0n) is 19.0. The third-order valence-corrected chi connectivity index (χ3v) is 7.26. The molecular formula is C24H24N4O4S. The Hall–Kier alpha value is -3.56. The molecule has 0 atom stereocenters. The molecule has 0 fully saturated rings. The number of pyridine rings is 1. The first-order valence-electron chi connectivity index (χ1n) is 10.3. The maximum absolute atomic E-state index is 13.4. The van der Waals surface area contributed by atoms with E-state index in [1.165, 1.54) is 26.2 Å². The Morgan fingerprint density at radius 3 is 2.36 bits per heavy atom. The van der Waals surface area contributed by atoms with Crippen LogP contribution in [0.25, 0.3) is 22.4 Å². The van der Waals surface area contributed by atoms with E-state index in [1.807, 2.05) is 31.2 Å². The summed E-state index contributed by atoms with van der Waals surface area (Å²) in [7, 11) is -0.727. The van der Waals surface area contributed by atoms with Crippen LogP contribution in [0.4, 0.5) is 5.69 Å². The van der Waals surface area contributed by atoms with Gasteiger partial charge in [0.25, 0.3) is 11.6 Å². The molecule has 0 spiro atoms. The van der Waals surface area contributed by atoms with Crippen molar-refractivity contribution in [2.24, 2.45) is 0 Å². The lowest BCUT2D eigenvalue weighted by molar-refractivity contribution is 0.102. The highest BCUT2D eigenvalue weighted by Gasteiger charge is 2.22. The molecule has 1 amide bonds. The molecule has 170 valence electrons. The van der Waals surface area contributed by atoms with E-state index < -0.39 is 15.9 Å². The second kappa shape index (κ2) is 8.42. The van der Waals surface area contributed by atoms with Crippen LogP contribution in [0.5, 0.6) is 0 Å². The van der Waals surface area contributed by atoms with Crippen molar-refractivity contribution < 1.29 is 17.7 Å². The van der Waals surface area contributed by atoms with E-state index in [-0.39, 0.29) is 10.6 Å². The zero-order valence-corrected chi connectivity index (χ0v) is 19.8. The summed E-state index contributed by atoms with van der Waals surface area (Å²) in [5, 5.41) is 7.34. The molecule has 4 rings (SSSR count). The number of hydrogen-bond acceptors (Lipinski definition) is 6. The van der Waals surface area contributed by atoms with E-state index >= 15 is 0 Å². The van der Waals surface area contributed by atoms with Crippen molar-refractivity contribution in [3.05, 3.63) is 70.9 Å². The van der Waals surface area contributed by atoms with Crippen LogP contribution in [0.15, 0.2) is 57.9 Å². The first-order valence-corrected chi connectivity index (χ1v) is 11.7. The molecule has 9 heteroatoms. The molecule has 0 saturated heterocycles. The highest BCUT2D eigenvalue weighted by atomic mass is 32.2. The van der Waals surface area contributed by atoms with Crippen LogP contribution in [0.1, 0.15) is 27.2 Å². The first kappa shape index (κ1) is 22.6. The van der Waals surface area contributed by atoms with E-state index in [1.54, 1.807) is 26.0 Å². The highest BCUT2D eigenvalue weighted by molar-refractivity contribution is 7.89. The second-order valence-corrected chi connectivity index (χ2v) is 10.2. The third-order valence-electron chi connectivity index (χ3n) is 5.44. The van der Waals surface area contributed by atoms with E-state index in [0.29, 0.717) is 28.0 Å². The van der Waals surface area contributed by atoms with Gasteiger partial charge in [0.1, 0.15) is 0 Å². The SMILES string of the molecule is Cc1ccc(-c2cc(C(=O)Nc3cc(S(=O)(=O)N(C)C)ccc3C)c3c(C)noc3n2)cc1. The second-order valence-electron chi connectivity index (χ2n) is 8.09. The summed E-state index contributed by atoms with van der Waals surface area (Å²) in [6.45, 7) is 5.53. The highest BCUT2D eigenvalue weighted by Crippen LogP contribution is 2.29. The number of anilines is 1. The Labute approximate surface area is 192 Å². The Morgan fingerprint density at radius 1 is 1.00 bits per heavy atom. The van der Waals surface area contributed by atoms with E-state index in [0.717, 1.165) is 21.0 Å². The van der Waals surface area contributed by atoms with Crippen molar-refractivity contribution in [2.75, 3.05) is 19.4 Å². The van der Waals surface area contributed by atoms with Crippen molar-refractivity contribution in [3.8, 4) is 11.3 Å². The molecular weight excluding hydrogens is 440 g/mol. The van der Waals surface area contributed by atoms with Gasteiger partial charge in [0.15, 0.2) is 0 Å². The summed E-state index contributed by atoms with van der Waals surface area (Å²) < 4.78 is 31.6. The van der Waals surface area contributed by atoms with Crippen LogP contribution >= 0.6 is 0 Å². The smallest absolute Gasteiger partial charge is 0.259 e. The van der Waals surface area contributed by atoms with Crippen LogP contribution in [-0.4, -0.2) is 42.9 Å². The normalized spacial score (nSPS) is 11.8. The van der Waals surface area contributed by atoms with Gasteiger partial charge in [-0.05, 0) is 44.5 Å². The molecule has 0 saturated carbocycles. The van der Waals surface area contributed by atoms with Crippen molar-refractivity contribution in [2.45, 2.75) is 25.7 Å². The quantitative estimate of drug-likeness (QED) is 0.472. The minimum Gasteiger partial charge on any atom is -0.335 e. The molecule has 0 radical (unpaired) electrons. The van der Waals surface area contributed by atoms with Gasteiger partial charge < -0.3 is 9.84 Å². The average Bonchev–Trinajstić information content (AvgIpc) is 3.15. The minimum atomic E-state index is -3.65. The molecule has 0 aliphatic rings. The average molecular weight is 465 g/mol. The Balaban J connectivity index is 1.79. The third kappa shape index (κ3) is 4.24. The van der Waals surface area contributed by atoms with E-state index in [4.69, 9.17) is 4.52 Å². The summed E-state index contributed by atoms with van der Waals surface area (Å²) in [6.07, 6.45) is 0. The number of carbonyl (C=O) groups excluding carboxylic acids is 1. The Morgan fingerprint density at radius 2 is 1.70 bits per heavy atom. The standard InChI is InChI=1S/C24H24N4O4S/c1-14-6-9-17(10-7-14)21-13-19(22-16(3)27-32-24(22)26-21)23(29)25-20-12-18(11-8-15(20)2)33(30,31)28(4)5/h6-13H,1-5H3,(H,25,29). The number of aryl methyl sites for hydroxylation is 3. The molecule has 2 aromatic carbocycles. The monoisotopic (exact) mass is 464 g/mol. The molecule has 0 bridgehead atoms. The van der Waals surface area contributed by atoms with Crippen molar-refractivity contribution in [1.29, 1.82) is 0 Å². The molecule has 2 aromatic heterocycles. The summed E-state index contributed by atoms with van der Waals surface area (Å²) in [6, 6.07) is 14.1. The zero-order chi connectivity index (χ0) is 23.9. The Bertz CT molecular complexity index is 1470. The molecule has 33 heavy (non-hydrogen) atoms. The van der Waals surface area contributed by atoms with Crippen LogP contribution in [0.3, 0.4) is 0 Å². The molecule has 4 aromatic rings. The maximum Gasteiger partial charge on any atom is 0.259 e. The number of nitrogens with zero attached hydrogens (tertiary/aromatic N) is 3. The lowest BCUT2D eigenvalue weighted by Crippen LogP contribution is -2.22. The number of rotatable bonds is 5. The minimum absolute atomic E-state index is 0.0924. The van der Waals surface area contributed by atoms with Gasteiger partial charge in [0.2, 0.25) is 10.0 Å². The van der Waals surface area contributed by atoms with Gasteiger partial charge >= 0.3 is 0 Å². The van der Waals surface area contributed by atoms with Crippen LogP contribution in [-0.2, 0) is 10.0 Å². The number of nitrogens with one attached hydrogen (secondary N) is 1. The van der Waals surface area contributed by atoms with Crippen molar-refractivity contribution >= 4 is 32.7 Å². The largest absolute Gasteiger partial charge is 0.335 e. The number of fused-ring (bicyclic) bond motifs is 1. The molecule has 0 aliphatic carbocycles. The molecule has 0 aliphatic heterocycles. The fourth-order valence-electron chi connectivity index (χ4n) is 3.44. The van der Waals surface area contributed by atoms with Gasteiger partial charge in [0, 0.05) is 25.3 Å². The topological polar surface area (TPSA) is 105 Å². The van der Waals surface area contributed by atoms with E-state index in [9.17, 15) is 13.2 Å². The van der Waals surface area contributed by atoms with Gasteiger partial charge in [-0.2, -0.15) is 0 Å². The fraction of sp³-hybridized carbons (Fsp3) is 0.208. The number of hydrogen-bond donors (Lipinski definition) is 1. The number of carbonyl (C=O) groups is 1. The van der Waals surface area contributed by atoms with Crippen molar-refractivity contribution in [3.63, 3.8) is 0 Å². The fourth-order valence-corrected chi connectivity index (χ4v) is 4.37. The summed E-state index contributed by atoms with van der Waals surface area (Å²) >= 11 is 0. The Kier molecular flexibility index (Phi) is 5.77. The van der Waals surface area contributed by atoms with Gasteiger partial charge in [-0.15, -0.1) is 0 Å². The number of amides is 1. The van der Waals surface area contributed by atoms with Crippen LogP contribution in [0, 0.1) is 20.8 Å². The molecule has 8 nitrogen and oxygen atoms in total. The maximum atomic E-state index is 13.4. The molecule has 1 N–H and O–H groups in total. The predicted octanol–water partition coefficient (Wildman–Crippen LogP) is 4.32. The summed E-state index contributed by atoms with van der Waals surface area (Å²) in [5.41, 5.74) is 4.79. The molecule has 0 unspecified atom stereocenters. The molecule has 2 heterocycles. The first-order chi connectivity index (χ1) is 15.6. The van der Waals surface area contributed by atoms with Gasteiger partial charge in [-0.25, -0.2) is 17.7 Å². The number of benzene rings is 2. The van der Waals surface area contributed by atoms with Gasteiger partial charge in [-0.3, -0.25) is 4.79 Å². The van der Waals surface area contributed by atoms with E-state index in [2.05, 4.69) is 15.5 Å².